The van der Waals surface area contributed by atoms with Crippen molar-refractivity contribution in [2.45, 2.75) is 26.8 Å². The van der Waals surface area contributed by atoms with Gasteiger partial charge in [-0.05, 0) is 31.9 Å². The van der Waals surface area contributed by atoms with E-state index in [2.05, 4.69) is 5.32 Å². The van der Waals surface area contributed by atoms with E-state index in [1.165, 1.54) is 12.1 Å². The number of aryl methyl sites for hydroxylation is 2. The molecule has 28 heavy (non-hydrogen) atoms. The molecule has 9 heteroatoms. The number of hydrogen-bond acceptors (Lipinski definition) is 5. The molecule has 0 spiro atoms. The summed E-state index contributed by atoms with van der Waals surface area (Å²) in [5.74, 6) is -0.510. The van der Waals surface area contributed by atoms with Gasteiger partial charge in [-0.2, -0.15) is 0 Å². The van der Waals surface area contributed by atoms with Crippen molar-refractivity contribution in [2.24, 2.45) is 0 Å². The summed E-state index contributed by atoms with van der Waals surface area (Å²) in [5.41, 5.74) is 2.34. The van der Waals surface area contributed by atoms with E-state index >= 15 is 0 Å². The second kappa shape index (κ2) is 8.39. The van der Waals surface area contributed by atoms with Crippen LogP contribution in [0.5, 0.6) is 0 Å². The van der Waals surface area contributed by atoms with E-state index in [1.807, 2.05) is 31.2 Å². The van der Waals surface area contributed by atoms with E-state index in [-0.39, 0.29) is 17.4 Å². The molecule has 0 saturated heterocycles. The van der Waals surface area contributed by atoms with Crippen LogP contribution in [0.2, 0.25) is 0 Å². The van der Waals surface area contributed by atoms with Crippen molar-refractivity contribution in [3.63, 3.8) is 0 Å². The van der Waals surface area contributed by atoms with Gasteiger partial charge in [0.05, 0.1) is 22.9 Å². The quantitative estimate of drug-likeness (QED) is 0.563. The van der Waals surface area contributed by atoms with Crippen LogP contribution in [0.15, 0.2) is 42.5 Å². The lowest BCUT2D eigenvalue weighted by molar-refractivity contribution is -0.384. The first kappa shape index (κ1) is 21.4. The summed E-state index contributed by atoms with van der Waals surface area (Å²) in [7, 11) is -3.83. The highest BCUT2D eigenvalue weighted by Crippen LogP contribution is 2.27. The summed E-state index contributed by atoms with van der Waals surface area (Å²) in [4.78, 5) is 22.9. The molecule has 0 bridgehead atoms. The molecule has 0 aliphatic heterocycles. The fraction of sp³-hybridized carbons (Fsp3) is 0.316. The van der Waals surface area contributed by atoms with Crippen LogP contribution >= 0.6 is 0 Å². The van der Waals surface area contributed by atoms with Crippen LogP contribution in [0.25, 0.3) is 0 Å². The Balaban J connectivity index is 2.26. The third-order valence-corrected chi connectivity index (χ3v) is 5.44. The van der Waals surface area contributed by atoms with Crippen LogP contribution in [-0.4, -0.2) is 32.0 Å². The van der Waals surface area contributed by atoms with Crippen LogP contribution < -0.4 is 9.62 Å². The zero-order valence-corrected chi connectivity index (χ0v) is 17.0. The maximum atomic E-state index is 12.5. The monoisotopic (exact) mass is 405 g/mol. The largest absolute Gasteiger partial charge is 0.348 e. The van der Waals surface area contributed by atoms with Crippen LogP contribution in [0.1, 0.15) is 29.7 Å². The third kappa shape index (κ3) is 5.29. The summed E-state index contributed by atoms with van der Waals surface area (Å²) in [6, 6.07) is 11.2. The lowest BCUT2D eigenvalue weighted by atomic mass is 10.1. The van der Waals surface area contributed by atoms with Crippen molar-refractivity contribution in [1.29, 1.82) is 0 Å². The molecule has 1 N–H and O–H groups in total. The second-order valence-corrected chi connectivity index (χ2v) is 8.60. The second-order valence-electron chi connectivity index (χ2n) is 6.70. The Labute approximate surface area is 164 Å². The number of nitrogens with zero attached hydrogens (tertiary/aromatic N) is 2. The molecule has 0 aromatic heterocycles. The summed E-state index contributed by atoms with van der Waals surface area (Å²) >= 11 is 0. The van der Waals surface area contributed by atoms with Gasteiger partial charge in [0.2, 0.25) is 15.9 Å². The molecule has 0 saturated carbocycles. The van der Waals surface area contributed by atoms with Crippen molar-refractivity contribution >= 4 is 27.3 Å². The van der Waals surface area contributed by atoms with Crippen molar-refractivity contribution in [1.82, 2.24) is 5.32 Å². The SMILES string of the molecule is Cc1ccc(C(C)NC(=O)CN(c2cc([N+](=O)[O-])ccc2C)S(C)(=O)=O)cc1. The van der Waals surface area contributed by atoms with Gasteiger partial charge in [-0.15, -0.1) is 0 Å². The molecule has 1 amide bonds. The van der Waals surface area contributed by atoms with Crippen LogP contribution in [0.3, 0.4) is 0 Å². The zero-order valence-electron chi connectivity index (χ0n) is 16.2. The topological polar surface area (TPSA) is 110 Å². The number of nitro benzene ring substituents is 1. The Bertz CT molecular complexity index is 987. The minimum atomic E-state index is -3.83. The number of rotatable bonds is 7. The normalized spacial score (nSPS) is 12.3. The smallest absolute Gasteiger partial charge is 0.271 e. The van der Waals surface area contributed by atoms with E-state index in [1.54, 1.807) is 13.8 Å². The van der Waals surface area contributed by atoms with Gasteiger partial charge in [0.15, 0.2) is 0 Å². The van der Waals surface area contributed by atoms with Crippen LogP contribution in [0.4, 0.5) is 11.4 Å². The lowest BCUT2D eigenvalue weighted by Gasteiger charge is -2.24. The molecule has 0 aliphatic rings. The fourth-order valence-corrected chi connectivity index (χ4v) is 3.62. The Hall–Kier alpha value is -2.94. The molecule has 0 heterocycles. The molecule has 2 rings (SSSR count). The van der Waals surface area contributed by atoms with Gasteiger partial charge in [-0.3, -0.25) is 19.2 Å². The van der Waals surface area contributed by atoms with E-state index < -0.39 is 27.4 Å². The number of sulfonamides is 1. The van der Waals surface area contributed by atoms with E-state index in [0.29, 0.717) is 5.56 Å². The van der Waals surface area contributed by atoms with Crippen molar-refractivity contribution in [3.8, 4) is 0 Å². The molecule has 8 nitrogen and oxygen atoms in total. The highest BCUT2D eigenvalue weighted by molar-refractivity contribution is 7.92. The van der Waals surface area contributed by atoms with Crippen LogP contribution in [0, 0.1) is 24.0 Å². The zero-order chi connectivity index (χ0) is 21.1. The molecular weight excluding hydrogens is 382 g/mol. The van der Waals surface area contributed by atoms with Gasteiger partial charge < -0.3 is 5.32 Å². The Morgan fingerprint density at radius 1 is 1.18 bits per heavy atom. The minimum absolute atomic E-state index is 0.106. The average molecular weight is 405 g/mol. The first-order valence-corrected chi connectivity index (χ1v) is 10.4. The molecule has 1 unspecified atom stereocenters. The molecule has 0 fully saturated rings. The maximum Gasteiger partial charge on any atom is 0.271 e. The first-order chi connectivity index (χ1) is 13.0. The predicted octanol–water partition coefficient (Wildman–Crippen LogP) is 2.86. The Morgan fingerprint density at radius 3 is 2.32 bits per heavy atom. The Morgan fingerprint density at radius 2 is 1.79 bits per heavy atom. The van der Waals surface area contributed by atoms with Crippen molar-refractivity contribution in [2.75, 3.05) is 17.1 Å². The van der Waals surface area contributed by atoms with Gasteiger partial charge >= 0.3 is 0 Å². The van der Waals surface area contributed by atoms with E-state index in [4.69, 9.17) is 0 Å². The third-order valence-electron chi connectivity index (χ3n) is 4.31. The minimum Gasteiger partial charge on any atom is -0.348 e. The summed E-state index contributed by atoms with van der Waals surface area (Å²) < 4.78 is 25.4. The number of anilines is 1. The number of nitro groups is 1. The molecule has 1 atom stereocenters. The average Bonchev–Trinajstić information content (AvgIpc) is 2.59. The molecule has 150 valence electrons. The maximum absolute atomic E-state index is 12.5. The van der Waals surface area contributed by atoms with Gasteiger partial charge in [0, 0.05) is 12.1 Å². The van der Waals surface area contributed by atoms with Gasteiger partial charge in [-0.1, -0.05) is 35.9 Å². The number of non-ortho nitro benzene ring substituents is 1. The highest BCUT2D eigenvalue weighted by atomic mass is 32.2. The lowest BCUT2D eigenvalue weighted by Crippen LogP contribution is -2.41. The number of hydrogen-bond donors (Lipinski definition) is 1. The molecule has 0 aliphatic carbocycles. The van der Waals surface area contributed by atoms with Crippen LogP contribution in [-0.2, 0) is 14.8 Å². The fourth-order valence-electron chi connectivity index (χ4n) is 2.72. The number of carbonyl (C=O) groups excluding carboxylic acids is 1. The van der Waals surface area contributed by atoms with Gasteiger partial charge in [0.25, 0.3) is 5.69 Å². The number of carbonyl (C=O) groups is 1. The standard InChI is InChI=1S/C19H23N3O5S/c1-13-5-8-16(9-6-13)15(3)20-19(23)12-21(28(4,26)27)18-11-17(22(24)25)10-7-14(18)2/h5-11,15H,12H2,1-4H3,(H,20,23). The molecule has 2 aromatic rings. The Kier molecular flexibility index (Phi) is 6.40. The molecule has 0 radical (unpaired) electrons. The summed E-state index contributed by atoms with van der Waals surface area (Å²) in [5, 5.41) is 13.8. The first-order valence-electron chi connectivity index (χ1n) is 8.57. The number of amides is 1. The highest BCUT2D eigenvalue weighted by Gasteiger charge is 2.25. The molecule has 2 aromatic carbocycles. The van der Waals surface area contributed by atoms with Gasteiger partial charge in [0.1, 0.15) is 6.54 Å². The van der Waals surface area contributed by atoms with Crippen molar-refractivity contribution in [3.05, 3.63) is 69.3 Å². The summed E-state index contributed by atoms with van der Waals surface area (Å²) in [6.45, 7) is 4.91. The summed E-state index contributed by atoms with van der Waals surface area (Å²) in [6.07, 6.45) is 0.960. The van der Waals surface area contributed by atoms with Crippen molar-refractivity contribution < 1.29 is 18.1 Å². The van der Waals surface area contributed by atoms with E-state index in [9.17, 15) is 23.3 Å². The number of benzene rings is 2. The van der Waals surface area contributed by atoms with E-state index in [0.717, 1.165) is 27.8 Å². The number of nitrogens with one attached hydrogen (secondary N) is 1. The predicted molar refractivity (Wildman–Crippen MR) is 108 cm³/mol. The van der Waals surface area contributed by atoms with Gasteiger partial charge in [-0.25, -0.2) is 8.42 Å². The molecular formula is C19H23N3O5S.